The summed E-state index contributed by atoms with van der Waals surface area (Å²) >= 11 is 5.38. The van der Waals surface area contributed by atoms with E-state index in [0.29, 0.717) is 5.69 Å². The molecule has 0 aromatic carbocycles. The van der Waals surface area contributed by atoms with Gasteiger partial charge in [-0.25, -0.2) is 0 Å². The second-order valence-corrected chi connectivity index (χ2v) is 2.62. The van der Waals surface area contributed by atoms with Crippen LogP contribution < -0.4 is 0 Å². The maximum absolute atomic E-state index is 11.1. The van der Waals surface area contributed by atoms with Crippen molar-refractivity contribution in [1.29, 1.82) is 0 Å². The third-order valence-electron chi connectivity index (χ3n) is 1.41. The zero-order chi connectivity index (χ0) is 8.43. The van der Waals surface area contributed by atoms with Crippen LogP contribution in [0.3, 0.4) is 0 Å². The van der Waals surface area contributed by atoms with E-state index in [4.69, 9.17) is 11.6 Å². The highest BCUT2D eigenvalue weighted by molar-refractivity contribution is 6.30. The summed E-state index contributed by atoms with van der Waals surface area (Å²) in [5.41, 5.74) is 1.40. The lowest BCUT2D eigenvalue weighted by Gasteiger charge is -1.94. The molecule has 0 spiro atoms. The van der Waals surface area contributed by atoms with Gasteiger partial charge in [-0.15, -0.1) is 11.6 Å². The average molecular weight is 173 g/mol. The first-order valence-electron chi connectivity index (χ1n) is 3.25. The van der Waals surface area contributed by atoms with Gasteiger partial charge in [-0.2, -0.15) is 5.10 Å². The van der Waals surface area contributed by atoms with Crippen molar-refractivity contribution in [2.24, 2.45) is 7.05 Å². The number of rotatable bonds is 2. The van der Waals surface area contributed by atoms with E-state index >= 15 is 0 Å². The number of hydrogen-bond donors (Lipinski definition) is 0. The molecule has 0 aliphatic heterocycles. The van der Waals surface area contributed by atoms with Crippen molar-refractivity contribution < 1.29 is 4.79 Å². The van der Waals surface area contributed by atoms with Crippen LogP contribution in [0, 0.1) is 6.92 Å². The van der Waals surface area contributed by atoms with Crippen molar-refractivity contribution in [1.82, 2.24) is 9.78 Å². The molecule has 0 N–H and O–H groups in total. The first-order chi connectivity index (χ1) is 5.15. The maximum Gasteiger partial charge on any atom is 0.195 e. The molecule has 0 unspecified atom stereocenters. The van der Waals surface area contributed by atoms with E-state index in [2.05, 4.69) is 5.10 Å². The van der Waals surface area contributed by atoms with Gasteiger partial charge in [-0.05, 0) is 13.0 Å². The van der Waals surface area contributed by atoms with Gasteiger partial charge >= 0.3 is 0 Å². The molecule has 0 amide bonds. The van der Waals surface area contributed by atoms with Crippen LogP contribution in [0.4, 0.5) is 0 Å². The van der Waals surface area contributed by atoms with E-state index < -0.39 is 0 Å². The molecular weight excluding hydrogens is 164 g/mol. The molecule has 60 valence electrons. The standard InChI is InChI=1S/C7H9ClN2O/c1-5-3-6(7(11)4-8)10(2)9-5/h3H,4H2,1-2H3. The first-order valence-corrected chi connectivity index (χ1v) is 3.78. The van der Waals surface area contributed by atoms with Crippen LogP contribution in [0.2, 0.25) is 0 Å². The van der Waals surface area contributed by atoms with E-state index in [1.165, 1.54) is 0 Å². The molecule has 11 heavy (non-hydrogen) atoms. The number of carbonyl (C=O) groups excluding carboxylic acids is 1. The molecule has 1 aromatic heterocycles. The fourth-order valence-electron chi connectivity index (χ4n) is 0.940. The van der Waals surface area contributed by atoms with Gasteiger partial charge in [0, 0.05) is 7.05 Å². The molecule has 3 nitrogen and oxygen atoms in total. The van der Waals surface area contributed by atoms with Crippen molar-refractivity contribution in [2.45, 2.75) is 6.92 Å². The Hall–Kier alpha value is -0.830. The van der Waals surface area contributed by atoms with E-state index in [1.54, 1.807) is 17.8 Å². The van der Waals surface area contributed by atoms with E-state index in [1.807, 2.05) is 6.92 Å². The molecule has 4 heteroatoms. The monoisotopic (exact) mass is 172 g/mol. The quantitative estimate of drug-likeness (QED) is 0.496. The minimum atomic E-state index is -0.0882. The molecular formula is C7H9ClN2O. The highest BCUT2D eigenvalue weighted by atomic mass is 35.5. The minimum absolute atomic E-state index is 0.0129. The number of ketones is 1. The van der Waals surface area contributed by atoms with Crippen LogP contribution in [0.5, 0.6) is 0 Å². The normalized spacial score (nSPS) is 10.1. The highest BCUT2D eigenvalue weighted by Gasteiger charge is 2.09. The Kier molecular flexibility index (Phi) is 2.29. The summed E-state index contributed by atoms with van der Waals surface area (Å²) in [6.07, 6.45) is 0. The SMILES string of the molecule is Cc1cc(C(=O)CCl)n(C)n1. The summed E-state index contributed by atoms with van der Waals surface area (Å²) in [4.78, 5) is 11.1. The predicted molar refractivity (Wildman–Crippen MR) is 43.0 cm³/mol. The number of nitrogens with zero attached hydrogens (tertiary/aromatic N) is 2. The molecule has 0 saturated heterocycles. The van der Waals surface area contributed by atoms with Gasteiger partial charge in [0.25, 0.3) is 0 Å². The molecule has 0 bridgehead atoms. The Morgan fingerprint density at radius 1 is 1.82 bits per heavy atom. The lowest BCUT2D eigenvalue weighted by atomic mass is 10.3. The van der Waals surface area contributed by atoms with Crippen LogP contribution in [0.15, 0.2) is 6.07 Å². The number of aromatic nitrogens is 2. The Morgan fingerprint density at radius 3 is 2.82 bits per heavy atom. The third-order valence-corrected chi connectivity index (χ3v) is 1.65. The lowest BCUT2D eigenvalue weighted by molar-refractivity contribution is 0.101. The molecule has 0 atom stereocenters. The van der Waals surface area contributed by atoms with Crippen molar-refractivity contribution in [3.8, 4) is 0 Å². The number of alkyl halides is 1. The van der Waals surface area contributed by atoms with Crippen LogP contribution in [-0.4, -0.2) is 21.4 Å². The highest BCUT2D eigenvalue weighted by Crippen LogP contribution is 2.03. The summed E-state index contributed by atoms with van der Waals surface area (Å²) < 4.78 is 1.54. The van der Waals surface area contributed by atoms with Crippen molar-refractivity contribution in [3.63, 3.8) is 0 Å². The number of carbonyl (C=O) groups is 1. The molecule has 0 aliphatic rings. The average Bonchev–Trinajstić information content (AvgIpc) is 2.28. The van der Waals surface area contributed by atoms with Gasteiger partial charge in [0.2, 0.25) is 0 Å². The Labute approximate surface area is 70.0 Å². The van der Waals surface area contributed by atoms with Crippen LogP contribution >= 0.6 is 11.6 Å². The second kappa shape index (κ2) is 3.05. The smallest absolute Gasteiger partial charge is 0.195 e. The number of Topliss-reactive ketones (excluding diaryl/α,β-unsaturated/α-hetero) is 1. The summed E-state index contributed by atoms with van der Waals surface area (Å²) in [7, 11) is 1.73. The minimum Gasteiger partial charge on any atom is -0.291 e. The van der Waals surface area contributed by atoms with E-state index in [9.17, 15) is 4.79 Å². The Morgan fingerprint density at radius 2 is 2.45 bits per heavy atom. The van der Waals surface area contributed by atoms with Gasteiger partial charge in [0.15, 0.2) is 5.78 Å². The fraction of sp³-hybridized carbons (Fsp3) is 0.429. The van der Waals surface area contributed by atoms with Gasteiger partial charge < -0.3 is 0 Å². The van der Waals surface area contributed by atoms with Crippen molar-refractivity contribution in [3.05, 3.63) is 17.5 Å². The molecule has 0 radical (unpaired) electrons. The van der Waals surface area contributed by atoms with Crippen molar-refractivity contribution in [2.75, 3.05) is 5.88 Å². The second-order valence-electron chi connectivity index (χ2n) is 2.35. The topological polar surface area (TPSA) is 34.9 Å². The van der Waals surface area contributed by atoms with Crippen molar-refractivity contribution >= 4 is 17.4 Å². The van der Waals surface area contributed by atoms with Gasteiger partial charge in [0.1, 0.15) is 5.69 Å². The number of hydrogen-bond acceptors (Lipinski definition) is 2. The fourth-order valence-corrected chi connectivity index (χ4v) is 1.08. The van der Waals surface area contributed by atoms with Gasteiger partial charge in [0.05, 0.1) is 11.6 Å². The molecule has 0 aliphatic carbocycles. The van der Waals surface area contributed by atoms with Crippen LogP contribution in [-0.2, 0) is 7.05 Å². The van der Waals surface area contributed by atoms with Crippen LogP contribution in [0.25, 0.3) is 0 Å². The molecule has 0 fully saturated rings. The van der Waals surface area contributed by atoms with Gasteiger partial charge in [-0.3, -0.25) is 9.48 Å². The molecule has 0 saturated carbocycles. The van der Waals surface area contributed by atoms with E-state index in [-0.39, 0.29) is 11.7 Å². The third kappa shape index (κ3) is 1.60. The Bertz CT molecular complexity index is 280. The summed E-state index contributed by atoms with van der Waals surface area (Å²) in [5.74, 6) is -0.0753. The summed E-state index contributed by atoms with van der Waals surface area (Å²) in [5, 5.41) is 4.02. The molecule has 1 heterocycles. The summed E-state index contributed by atoms with van der Waals surface area (Å²) in [6, 6.07) is 1.73. The number of halogens is 1. The molecule has 1 aromatic rings. The predicted octanol–water partition coefficient (Wildman–Crippen LogP) is 1.15. The molecule has 1 rings (SSSR count). The van der Waals surface area contributed by atoms with Crippen LogP contribution in [0.1, 0.15) is 16.2 Å². The summed E-state index contributed by atoms with van der Waals surface area (Å²) in [6.45, 7) is 1.84. The largest absolute Gasteiger partial charge is 0.291 e. The zero-order valence-corrected chi connectivity index (χ0v) is 7.22. The van der Waals surface area contributed by atoms with Gasteiger partial charge in [-0.1, -0.05) is 0 Å². The first kappa shape index (κ1) is 8.27. The lowest BCUT2D eigenvalue weighted by Crippen LogP contribution is -2.07. The zero-order valence-electron chi connectivity index (χ0n) is 6.47. The Balaban J connectivity index is 3.03. The maximum atomic E-state index is 11.1. The van der Waals surface area contributed by atoms with E-state index in [0.717, 1.165) is 5.69 Å². The number of aryl methyl sites for hydroxylation is 2.